The van der Waals surface area contributed by atoms with E-state index in [1.807, 2.05) is 18.3 Å². The SMILES string of the molecule is COC(=O)Cc1c[nH]c2cccc(/C=C/SSN3CCC4(CCC(C)=C(C5CCCCC5)NC4=O)CC3)c12. The Kier molecular flexibility index (Phi) is 8.91. The van der Waals surface area contributed by atoms with E-state index in [1.165, 1.54) is 50.5 Å². The highest BCUT2D eigenvalue weighted by Crippen LogP contribution is 2.44. The van der Waals surface area contributed by atoms with Gasteiger partial charge in [-0.1, -0.05) is 37.0 Å². The standard InChI is InChI=1S/C30H39N3O3S2/c1-21-11-13-30(29(35)32-28(21)23-7-4-3-5-8-23)14-16-33(17-15-30)38-37-18-12-22-9-6-10-25-27(22)24(20-31-25)19-26(34)36-2/h6,9-10,12,18,20,23,31H,3-5,7-8,11,13-17,19H2,1-2H3,(H,32,35)/b18-12+. The van der Waals surface area contributed by atoms with Crippen LogP contribution >= 0.6 is 21.8 Å². The number of methoxy groups -OCH3 is 1. The Morgan fingerprint density at radius 3 is 2.74 bits per heavy atom. The predicted molar refractivity (Wildman–Crippen MR) is 158 cm³/mol. The van der Waals surface area contributed by atoms with E-state index in [0.29, 0.717) is 5.92 Å². The maximum atomic E-state index is 13.5. The molecule has 3 aliphatic rings. The minimum atomic E-state index is -0.240. The molecule has 1 aliphatic carbocycles. The number of fused-ring (bicyclic) bond motifs is 1. The number of nitrogens with zero attached hydrogens (tertiary/aromatic N) is 1. The second-order valence-electron chi connectivity index (χ2n) is 11.0. The number of piperidine rings is 1. The lowest BCUT2D eigenvalue weighted by atomic mass is 9.74. The molecule has 0 bridgehead atoms. The number of ether oxygens (including phenoxy) is 1. The second-order valence-corrected chi connectivity index (χ2v) is 13.2. The van der Waals surface area contributed by atoms with E-state index in [2.05, 4.69) is 39.1 Å². The molecule has 2 aromatic rings. The number of rotatable bonds is 7. The summed E-state index contributed by atoms with van der Waals surface area (Å²) in [5.41, 5.74) is 5.49. The minimum absolute atomic E-state index is 0.227. The van der Waals surface area contributed by atoms with Crippen molar-refractivity contribution < 1.29 is 14.3 Å². The fraction of sp³-hybridized carbons (Fsp3) is 0.533. The first kappa shape index (κ1) is 27.4. The van der Waals surface area contributed by atoms with Gasteiger partial charge >= 0.3 is 5.97 Å². The zero-order valence-electron chi connectivity index (χ0n) is 22.5. The third-order valence-corrected chi connectivity index (χ3v) is 10.8. The van der Waals surface area contributed by atoms with Crippen molar-refractivity contribution in [1.29, 1.82) is 0 Å². The first-order valence-corrected chi connectivity index (χ1v) is 16.1. The van der Waals surface area contributed by atoms with E-state index in [-0.39, 0.29) is 23.7 Å². The number of H-pyrrole nitrogens is 1. The van der Waals surface area contributed by atoms with Crippen molar-refractivity contribution in [2.24, 2.45) is 11.3 Å². The van der Waals surface area contributed by atoms with Gasteiger partial charge in [-0.3, -0.25) is 9.59 Å². The van der Waals surface area contributed by atoms with E-state index >= 15 is 0 Å². The van der Waals surface area contributed by atoms with Crippen LogP contribution in [0.15, 0.2) is 41.1 Å². The van der Waals surface area contributed by atoms with Crippen LogP contribution in [0.5, 0.6) is 0 Å². The summed E-state index contributed by atoms with van der Waals surface area (Å²) in [6.45, 7) is 4.09. The van der Waals surface area contributed by atoms with Crippen LogP contribution in [0.25, 0.3) is 17.0 Å². The molecule has 1 aromatic carbocycles. The van der Waals surface area contributed by atoms with Crippen molar-refractivity contribution in [2.45, 2.75) is 71.1 Å². The molecule has 1 saturated carbocycles. The molecule has 1 saturated heterocycles. The predicted octanol–water partition coefficient (Wildman–Crippen LogP) is 7.00. The van der Waals surface area contributed by atoms with Crippen molar-refractivity contribution in [3.05, 3.63) is 52.2 Å². The zero-order valence-corrected chi connectivity index (χ0v) is 24.1. The summed E-state index contributed by atoms with van der Waals surface area (Å²) in [7, 11) is 4.88. The third-order valence-electron chi connectivity index (χ3n) is 8.69. The van der Waals surface area contributed by atoms with Gasteiger partial charge in [-0.15, -0.1) is 0 Å². The van der Waals surface area contributed by atoms with Crippen LogP contribution in [-0.4, -0.2) is 41.4 Å². The number of hydrogen-bond acceptors (Lipinski definition) is 6. The second kappa shape index (κ2) is 12.3. The summed E-state index contributed by atoms with van der Waals surface area (Å²) >= 11 is 0. The van der Waals surface area contributed by atoms with E-state index in [1.54, 1.807) is 21.8 Å². The molecule has 204 valence electrons. The topological polar surface area (TPSA) is 74.4 Å². The van der Waals surface area contributed by atoms with Crippen molar-refractivity contribution >= 4 is 50.6 Å². The third kappa shape index (κ3) is 6.02. The number of aromatic amines is 1. The Balaban J connectivity index is 1.15. The number of hydrogen-bond donors (Lipinski definition) is 2. The quantitative estimate of drug-likeness (QED) is 0.219. The summed E-state index contributed by atoms with van der Waals surface area (Å²) in [6.07, 6.45) is 14.5. The number of carbonyl (C=O) groups excluding carboxylic acids is 2. The molecule has 1 aromatic heterocycles. The molecule has 8 heteroatoms. The molecule has 0 radical (unpaired) electrons. The number of carbonyl (C=O) groups is 2. The van der Waals surface area contributed by atoms with E-state index < -0.39 is 0 Å². The van der Waals surface area contributed by atoms with Crippen LogP contribution in [0, 0.1) is 11.3 Å². The van der Waals surface area contributed by atoms with Gasteiger partial charge in [0.05, 0.1) is 18.9 Å². The van der Waals surface area contributed by atoms with Crippen molar-refractivity contribution in [3.8, 4) is 0 Å². The van der Waals surface area contributed by atoms with Gasteiger partial charge in [0.25, 0.3) is 0 Å². The molecule has 0 atom stereocenters. The molecule has 2 aliphatic heterocycles. The van der Waals surface area contributed by atoms with Gasteiger partial charge < -0.3 is 15.0 Å². The van der Waals surface area contributed by atoms with Crippen LogP contribution in [0.4, 0.5) is 0 Å². The van der Waals surface area contributed by atoms with Crippen LogP contribution in [-0.2, 0) is 20.7 Å². The lowest BCUT2D eigenvalue weighted by Crippen LogP contribution is -2.46. The number of esters is 1. The Morgan fingerprint density at radius 1 is 1.18 bits per heavy atom. The Bertz CT molecular complexity index is 1220. The summed E-state index contributed by atoms with van der Waals surface area (Å²) < 4.78 is 7.25. The number of allylic oxidation sites excluding steroid dienone is 2. The molecule has 6 nitrogen and oxygen atoms in total. The molecule has 0 unspecified atom stereocenters. The molecule has 3 heterocycles. The highest BCUT2D eigenvalue weighted by atomic mass is 33.1. The number of aromatic nitrogens is 1. The first-order valence-electron chi connectivity index (χ1n) is 13.9. The summed E-state index contributed by atoms with van der Waals surface area (Å²) in [6, 6.07) is 6.12. The molecule has 1 spiro atoms. The molecule has 5 rings (SSSR count). The lowest BCUT2D eigenvalue weighted by molar-refractivity contribution is -0.139. The maximum absolute atomic E-state index is 13.5. The smallest absolute Gasteiger partial charge is 0.310 e. The molecular formula is C30H39N3O3S2. The summed E-state index contributed by atoms with van der Waals surface area (Å²) in [5.74, 6) is 0.584. The minimum Gasteiger partial charge on any atom is -0.469 e. The van der Waals surface area contributed by atoms with Crippen molar-refractivity contribution in [1.82, 2.24) is 14.6 Å². The maximum Gasteiger partial charge on any atom is 0.310 e. The van der Waals surface area contributed by atoms with Gasteiger partial charge in [-0.2, -0.15) is 0 Å². The molecule has 2 N–H and O–H groups in total. The average molecular weight is 554 g/mol. The Labute approximate surface area is 233 Å². The molecular weight excluding hydrogens is 514 g/mol. The highest BCUT2D eigenvalue weighted by Gasteiger charge is 2.43. The van der Waals surface area contributed by atoms with E-state index in [0.717, 1.165) is 60.8 Å². The fourth-order valence-electron chi connectivity index (χ4n) is 6.32. The average Bonchev–Trinajstić information content (AvgIpc) is 3.32. The van der Waals surface area contributed by atoms with Gasteiger partial charge in [0.15, 0.2) is 0 Å². The lowest BCUT2D eigenvalue weighted by Gasteiger charge is -2.39. The van der Waals surface area contributed by atoms with E-state index in [9.17, 15) is 9.59 Å². The monoisotopic (exact) mass is 553 g/mol. The van der Waals surface area contributed by atoms with Gasteiger partial charge in [-0.25, -0.2) is 4.31 Å². The van der Waals surface area contributed by atoms with Crippen molar-refractivity contribution in [3.63, 3.8) is 0 Å². The van der Waals surface area contributed by atoms with Crippen molar-refractivity contribution in [2.75, 3.05) is 20.2 Å². The van der Waals surface area contributed by atoms with Gasteiger partial charge in [0.2, 0.25) is 5.91 Å². The van der Waals surface area contributed by atoms with Crippen LogP contribution in [0.1, 0.15) is 75.8 Å². The first-order chi connectivity index (χ1) is 18.5. The summed E-state index contributed by atoms with van der Waals surface area (Å²) in [5, 5.41) is 6.62. The van der Waals surface area contributed by atoms with Crippen LogP contribution < -0.4 is 5.32 Å². The van der Waals surface area contributed by atoms with Gasteiger partial charge in [-0.05, 0) is 102 Å². The van der Waals surface area contributed by atoms with Crippen LogP contribution in [0.2, 0.25) is 0 Å². The molecule has 1 amide bonds. The Hall–Kier alpha value is -2.16. The number of benzene rings is 1. The molecule has 38 heavy (non-hydrogen) atoms. The zero-order chi connectivity index (χ0) is 26.5. The van der Waals surface area contributed by atoms with Gasteiger partial charge in [0, 0.05) is 35.9 Å². The van der Waals surface area contributed by atoms with Crippen LogP contribution in [0.3, 0.4) is 0 Å². The van der Waals surface area contributed by atoms with Gasteiger partial charge in [0.1, 0.15) is 0 Å². The summed E-state index contributed by atoms with van der Waals surface area (Å²) in [4.78, 5) is 28.6. The number of nitrogens with one attached hydrogen (secondary N) is 2. The Morgan fingerprint density at radius 2 is 1.97 bits per heavy atom. The highest BCUT2D eigenvalue weighted by molar-refractivity contribution is 8.77. The van der Waals surface area contributed by atoms with E-state index in [4.69, 9.17) is 4.74 Å². The normalized spacial score (nSPS) is 21.3. The fourth-order valence-corrected chi connectivity index (χ4v) is 8.16. The molecule has 2 fully saturated rings. The largest absolute Gasteiger partial charge is 0.469 e. The number of amides is 1.